The Bertz CT molecular complexity index is 274. The molecular formula is C6H12N4S. The van der Waals surface area contributed by atoms with Crippen LogP contribution in [-0.2, 0) is 0 Å². The normalized spacial score (nSPS) is 10.5. The zero-order chi connectivity index (χ0) is 8.43. The van der Waals surface area contributed by atoms with Crippen LogP contribution in [0.2, 0.25) is 0 Å². The van der Waals surface area contributed by atoms with Gasteiger partial charge in [0, 0.05) is 13.1 Å². The first kappa shape index (κ1) is 8.26. The van der Waals surface area contributed by atoms with Gasteiger partial charge in [-0.25, -0.2) is 0 Å². The fourth-order valence-electron chi connectivity index (χ4n) is 0.673. The fourth-order valence-corrected chi connectivity index (χ4v) is 0.811. The lowest BCUT2D eigenvalue weighted by molar-refractivity contribution is 0.731. The molecule has 0 amide bonds. The SMILES string of the molecule is CC(C)N(C)c1nc(=S)[nH][nH]1. The average molecular weight is 172 g/mol. The van der Waals surface area contributed by atoms with Crippen LogP contribution >= 0.6 is 12.2 Å². The van der Waals surface area contributed by atoms with Crippen molar-refractivity contribution in [2.75, 3.05) is 11.9 Å². The van der Waals surface area contributed by atoms with Crippen LogP contribution < -0.4 is 4.90 Å². The van der Waals surface area contributed by atoms with Gasteiger partial charge >= 0.3 is 0 Å². The average Bonchev–Trinajstić information content (AvgIpc) is 2.34. The molecule has 0 saturated heterocycles. The molecule has 0 aliphatic heterocycles. The highest BCUT2D eigenvalue weighted by molar-refractivity contribution is 7.71. The summed E-state index contributed by atoms with van der Waals surface area (Å²) in [6.45, 7) is 4.18. The summed E-state index contributed by atoms with van der Waals surface area (Å²) in [5, 5.41) is 5.61. The second-order valence-electron chi connectivity index (χ2n) is 2.70. The summed E-state index contributed by atoms with van der Waals surface area (Å²) in [7, 11) is 1.96. The molecule has 0 fully saturated rings. The van der Waals surface area contributed by atoms with E-state index >= 15 is 0 Å². The Labute approximate surface area is 70.6 Å². The highest BCUT2D eigenvalue weighted by atomic mass is 32.1. The van der Waals surface area contributed by atoms with Crippen molar-refractivity contribution in [2.24, 2.45) is 0 Å². The van der Waals surface area contributed by atoms with Gasteiger partial charge in [-0.1, -0.05) is 0 Å². The van der Waals surface area contributed by atoms with Gasteiger partial charge in [-0.05, 0) is 26.1 Å². The molecular weight excluding hydrogens is 160 g/mol. The summed E-state index contributed by atoms with van der Waals surface area (Å²) in [5.74, 6) is 0.782. The zero-order valence-corrected chi connectivity index (χ0v) is 7.70. The van der Waals surface area contributed by atoms with E-state index in [-0.39, 0.29) is 0 Å². The van der Waals surface area contributed by atoms with Crippen molar-refractivity contribution in [3.8, 4) is 0 Å². The maximum absolute atomic E-state index is 4.81. The molecule has 5 heteroatoms. The van der Waals surface area contributed by atoms with E-state index in [1.165, 1.54) is 0 Å². The minimum Gasteiger partial charge on any atom is -0.342 e. The van der Waals surface area contributed by atoms with E-state index in [2.05, 4.69) is 29.0 Å². The second kappa shape index (κ2) is 3.04. The van der Waals surface area contributed by atoms with Crippen LogP contribution in [0, 0.1) is 4.77 Å². The van der Waals surface area contributed by atoms with Gasteiger partial charge in [0.25, 0.3) is 0 Å². The van der Waals surface area contributed by atoms with E-state index in [0.717, 1.165) is 5.95 Å². The molecule has 1 aromatic rings. The molecule has 1 heterocycles. The minimum atomic E-state index is 0.420. The number of H-pyrrole nitrogens is 2. The number of nitrogens with one attached hydrogen (secondary N) is 2. The molecule has 0 bridgehead atoms. The molecule has 0 aliphatic rings. The molecule has 0 radical (unpaired) electrons. The molecule has 0 atom stereocenters. The number of nitrogens with zero attached hydrogens (tertiary/aromatic N) is 2. The van der Waals surface area contributed by atoms with Gasteiger partial charge in [-0.3, -0.25) is 10.2 Å². The summed E-state index contributed by atoms with van der Waals surface area (Å²) < 4.78 is 0.493. The topological polar surface area (TPSA) is 47.7 Å². The second-order valence-corrected chi connectivity index (χ2v) is 3.08. The van der Waals surface area contributed by atoms with Gasteiger partial charge in [0.2, 0.25) is 10.7 Å². The molecule has 0 aliphatic carbocycles. The highest BCUT2D eigenvalue weighted by Gasteiger charge is 2.06. The molecule has 0 unspecified atom stereocenters. The lowest BCUT2D eigenvalue weighted by Gasteiger charge is -2.19. The van der Waals surface area contributed by atoms with Crippen molar-refractivity contribution < 1.29 is 0 Å². The van der Waals surface area contributed by atoms with E-state index in [1.807, 2.05) is 11.9 Å². The van der Waals surface area contributed by atoms with E-state index in [4.69, 9.17) is 12.2 Å². The third-order valence-electron chi connectivity index (χ3n) is 1.60. The Morgan fingerprint density at radius 3 is 2.45 bits per heavy atom. The van der Waals surface area contributed by atoms with Crippen molar-refractivity contribution >= 4 is 18.2 Å². The Morgan fingerprint density at radius 2 is 2.09 bits per heavy atom. The van der Waals surface area contributed by atoms with E-state index in [1.54, 1.807) is 0 Å². The highest BCUT2D eigenvalue weighted by Crippen LogP contribution is 2.05. The number of anilines is 1. The molecule has 1 aromatic heterocycles. The van der Waals surface area contributed by atoms with Crippen molar-refractivity contribution in [3.63, 3.8) is 0 Å². The van der Waals surface area contributed by atoms with Crippen molar-refractivity contribution in [2.45, 2.75) is 19.9 Å². The first-order valence-corrected chi connectivity index (χ1v) is 3.89. The van der Waals surface area contributed by atoms with E-state index in [9.17, 15) is 0 Å². The van der Waals surface area contributed by atoms with Crippen LogP contribution in [0.3, 0.4) is 0 Å². The van der Waals surface area contributed by atoms with Gasteiger partial charge in [0.05, 0.1) is 0 Å². The summed E-state index contributed by atoms with van der Waals surface area (Å²) in [6, 6.07) is 0.420. The summed E-state index contributed by atoms with van der Waals surface area (Å²) in [5.41, 5.74) is 0. The monoisotopic (exact) mass is 172 g/mol. The van der Waals surface area contributed by atoms with Crippen LogP contribution in [0.15, 0.2) is 0 Å². The molecule has 0 saturated carbocycles. The maximum Gasteiger partial charge on any atom is 0.220 e. The third kappa shape index (κ3) is 1.80. The number of rotatable bonds is 2. The quantitative estimate of drug-likeness (QED) is 0.661. The first-order valence-electron chi connectivity index (χ1n) is 3.49. The lowest BCUT2D eigenvalue weighted by atomic mass is 10.4. The van der Waals surface area contributed by atoms with Crippen LogP contribution in [0.5, 0.6) is 0 Å². The van der Waals surface area contributed by atoms with E-state index < -0.39 is 0 Å². The number of hydrogen-bond acceptors (Lipinski definition) is 3. The Kier molecular flexibility index (Phi) is 2.28. The molecule has 4 nitrogen and oxygen atoms in total. The summed E-state index contributed by atoms with van der Waals surface area (Å²) >= 11 is 4.81. The molecule has 0 spiro atoms. The molecule has 2 N–H and O–H groups in total. The van der Waals surface area contributed by atoms with Gasteiger partial charge in [0.1, 0.15) is 0 Å². The largest absolute Gasteiger partial charge is 0.342 e. The Hall–Kier alpha value is -0.840. The smallest absolute Gasteiger partial charge is 0.220 e. The van der Waals surface area contributed by atoms with Crippen LogP contribution in [-0.4, -0.2) is 28.3 Å². The van der Waals surface area contributed by atoms with Gasteiger partial charge in [0.15, 0.2) is 0 Å². The molecule has 0 aromatic carbocycles. The standard InChI is InChI=1S/C6H12N4S/c1-4(2)10(3)5-7-6(11)9-8-5/h4H,1-3H3,(H2,7,8,9,11). The molecule has 1 rings (SSSR count). The van der Waals surface area contributed by atoms with E-state index in [0.29, 0.717) is 10.8 Å². The Morgan fingerprint density at radius 1 is 1.45 bits per heavy atom. The molecule has 62 valence electrons. The third-order valence-corrected chi connectivity index (χ3v) is 1.79. The number of aromatic nitrogens is 3. The van der Waals surface area contributed by atoms with Gasteiger partial charge < -0.3 is 4.90 Å². The van der Waals surface area contributed by atoms with Crippen LogP contribution in [0.25, 0.3) is 0 Å². The lowest BCUT2D eigenvalue weighted by Crippen LogP contribution is -2.26. The van der Waals surface area contributed by atoms with Crippen LogP contribution in [0.4, 0.5) is 5.95 Å². The van der Waals surface area contributed by atoms with Gasteiger partial charge in [-0.15, -0.1) is 0 Å². The summed E-state index contributed by atoms with van der Waals surface area (Å²) in [4.78, 5) is 6.07. The van der Waals surface area contributed by atoms with Crippen LogP contribution in [0.1, 0.15) is 13.8 Å². The minimum absolute atomic E-state index is 0.420. The Balaban J connectivity index is 2.84. The maximum atomic E-state index is 4.81. The molecule has 11 heavy (non-hydrogen) atoms. The first-order chi connectivity index (χ1) is 5.11. The van der Waals surface area contributed by atoms with Crippen molar-refractivity contribution in [1.29, 1.82) is 0 Å². The number of aromatic amines is 2. The number of hydrogen-bond donors (Lipinski definition) is 2. The summed E-state index contributed by atoms with van der Waals surface area (Å²) in [6.07, 6.45) is 0. The predicted molar refractivity (Wildman–Crippen MR) is 47.3 cm³/mol. The van der Waals surface area contributed by atoms with Gasteiger partial charge in [-0.2, -0.15) is 4.98 Å². The predicted octanol–water partition coefficient (Wildman–Crippen LogP) is 1.31. The van der Waals surface area contributed by atoms with Crippen molar-refractivity contribution in [1.82, 2.24) is 15.2 Å². The zero-order valence-electron chi connectivity index (χ0n) is 6.88. The fraction of sp³-hybridized carbons (Fsp3) is 0.667. The van der Waals surface area contributed by atoms with Crippen molar-refractivity contribution in [3.05, 3.63) is 4.77 Å².